The van der Waals surface area contributed by atoms with E-state index in [4.69, 9.17) is 0 Å². The number of carbonyl (C=O) groups excluding carboxylic acids is 2. The van der Waals surface area contributed by atoms with Crippen molar-refractivity contribution in [1.82, 2.24) is 14.8 Å². The maximum Gasteiger partial charge on any atom is 0.274 e. The Kier molecular flexibility index (Phi) is 5.59. The number of aromatic nitrogens is 1. The van der Waals surface area contributed by atoms with Crippen LogP contribution in [0.15, 0.2) is 54.7 Å². The lowest BCUT2D eigenvalue weighted by atomic mass is 10.0. The molecule has 1 aliphatic heterocycles. The Labute approximate surface area is 161 Å². The Bertz CT molecular complexity index is 790. The van der Waals surface area contributed by atoms with Gasteiger partial charge in [0.25, 0.3) is 5.91 Å². The maximum absolute atomic E-state index is 13.3. The first-order valence-electron chi connectivity index (χ1n) is 9.57. The van der Waals surface area contributed by atoms with E-state index in [1.165, 1.54) is 0 Å². The highest BCUT2D eigenvalue weighted by Gasteiger charge is 2.53. The van der Waals surface area contributed by atoms with Gasteiger partial charge < -0.3 is 9.80 Å². The lowest BCUT2D eigenvalue weighted by molar-refractivity contribution is -0.131. The van der Waals surface area contributed by atoms with Crippen molar-refractivity contribution in [3.63, 3.8) is 0 Å². The fourth-order valence-corrected chi connectivity index (χ4v) is 3.79. The molecule has 1 aliphatic rings. The highest BCUT2D eigenvalue weighted by molar-refractivity contribution is 5.99. The predicted octanol–water partition coefficient (Wildman–Crippen LogP) is 3.51. The van der Waals surface area contributed by atoms with Crippen LogP contribution >= 0.6 is 0 Å². The summed E-state index contributed by atoms with van der Waals surface area (Å²) < 4.78 is 0. The number of carbonyl (C=O) groups is 2. The van der Waals surface area contributed by atoms with Crippen molar-refractivity contribution in [2.24, 2.45) is 0 Å². The summed E-state index contributed by atoms with van der Waals surface area (Å²) in [5, 5.41) is 0. The van der Waals surface area contributed by atoms with Gasteiger partial charge >= 0.3 is 0 Å². The van der Waals surface area contributed by atoms with Crippen LogP contribution in [0.5, 0.6) is 0 Å². The monoisotopic (exact) mass is 365 g/mol. The van der Waals surface area contributed by atoms with E-state index in [-0.39, 0.29) is 11.8 Å². The van der Waals surface area contributed by atoms with Gasteiger partial charge in [-0.2, -0.15) is 0 Å². The summed E-state index contributed by atoms with van der Waals surface area (Å²) in [6.07, 6.45) is 4.03. The molecular formula is C22H27N3O2. The van der Waals surface area contributed by atoms with E-state index in [1.807, 2.05) is 49.1 Å². The van der Waals surface area contributed by atoms with Gasteiger partial charge in [0.2, 0.25) is 5.91 Å². The van der Waals surface area contributed by atoms with E-state index in [2.05, 4.69) is 11.9 Å². The quantitative estimate of drug-likeness (QED) is 0.787. The molecule has 0 spiro atoms. The molecule has 2 heterocycles. The van der Waals surface area contributed by atoms with Crippen molar-refractivity contribution in [2.45, 2.75) is 51.7 Å². The third-order valence-corrected chi connectivity index (χ3v) is 5.22. The molecule has 0 bridgehead atoms. The largest absolute Gasteiger partial charge is 0.318 e. The normalized spacial score (nSPS) is 18.8. The van der Waals surface area contributed by atoms with Crippen molar-refractivity contribution < 1.29 is 9.59 Å². The van der Waals surface area contributed by atoms with Crippen LogP contribution in [0, 0.1) is 0 Å². The zero-order valence-electron chi connectivity index (χ0n) is 16.3. The Morgan fingerprint density at radius 1 is 1.11 bits per heavy atom. The smallest absolute Gasteiger partial charge is 0.274 e. The third-order valence-electron chi connectivity index (χ3n) is 5.22. The molecular weight excluding hydrogens is 338 g/mol. The molecule has 2 aromatic rings. The molecule has 0 radical (unpaired) electrons. The van der Waals surface area contributed by atoms with Crippen molar-refractivity contribution in [3.05, 3.63) is 66.0 Å². The lowest BCUT2D eigenvalue weighted by Crippen LogP contribution is -2.53. The second-order valence-electron chi connectivity index (χ2n) is 7.43. The topological polar surface area (TPSA) is 53.5 Å². The van der Waals surface area contributed by atoms with Gasteiger partial charge in [-0.15, -0.1) is 0 Å². The highest BCUT2D eigenvalue weighted by atomic mass is 16.2. The molecule has 142 valence electrons. The summed E-state index contributed by atoms with van der Waals surface area (Å²) in [4.78, 5) is 34.4. The first-order valence-corrected chi connectivity index (χ1v) is 9.57. The number of rotatable bonds is 6. The molecule has 1 atom stereocenters. The van der Waals surface area contributed by atoms with E-state index in [9.17, 15) is 9.59 Å². The molecule has 27 heavy (non-hydrogen) atoms. The standard InChI is InChI=1S/C22H27N3O2/c1-4-5-15-24-21(27)19(16-17-11-7-6-8-12-17)25(22(24,2)3)20(26)18-13-9-10-14-23-18/h6-14,19H,4-5,15-16H2,1-3H3/t19-/m1/s1. The summed E-state index contributed by atoms with van der Waals surface area (Å²) >= 11 is 0. The molecule has 1 saturated heterocycles. The fraction of sp³-hybridized carbons (Fsp3) is 0.409. The van der Waals surface area contributed by atoms with Gasteiger partial charge in [-0.3, -0.25) is 14.6 Å². The van der Waals surface area contributed by atoms with E-state index in [1.54, 1.807) is 29.3 Å². The predicted molar refractivity (Wildman–Crippen MR) is 105 cm³/mol. The Morgan fingerprint density at radius 3 is 2.44 bits per heavy atom. The molecule has 1 aromatic heterocycles. The van der Waals surface area contributed by atoms with Gasteiger partial charge in [0.15, 0.2) is 0 Å². The van der Waals surface area contributed by atoms with Crippen LogP contribution in [0.4, 0.5) is 0 Å². The Balaban J connectivity index is 1.98. The van der Waals surface area contributed by atoms with Gasteiger partial charge in [-0.25, -0.2) is 0 Å². The van der Waals surface area contributed by atoms with Crippen molar-refractivity contribution >= 4 is 11.8 Å². The number of benzene rings is 1. The number of hydrogen-bond donors (Lipinski definition) is 0. The van der Waals surface area contributed by atoms with Crippen LogP contribution in [0.3, 0.4) is 0 Å². The van der Waals surface area contributed by atoms with Crippen LogP contribution < -0.4 is 0 Å². The van der Waals surface area contributed by atoms with Crippen LogP contribution in [0.25, 0.3) is 0 Å². The number of pyridine rings is 1. The zero-order chi connectivity index (χ0) is 19.4. The molecule has 0 saturated carbocycles. The third kappa shape index (κ3) is 3.72. The van der Waals surface area contributed by atoms with Gasteiger partial charge in [-0.05, 0) is 38.0 Å². The summed E-state index contributed by atoms with van der Waals surface area (Å²) in [5.74, 6) is -0.185. The van der Waals surface area contributed by atoms with E-state index >= 15 is 0 Å². The molecule has 0 unspecified atom stereocenters. The Morgan fingerprint density at radius 2 is 1.81 bits per heavy atom. The zero-order valence-corrected chi connectivity index (χ0v) is 16.3. The van der Waals surface area contributed by atoms with Crippen LogP contribution in [-0.2, 0) is 11.2 Å². The molecule has 3 rings (SSSR count). The summed E-state index contributed by atoms with van der Waals surface area (Å²) in [7, 11) is 0. The second-order valence-corrected chi connectivity index (χ2v) is 7.43. The van der Waals surface area contributed by atoms with Crippen molar-refractivity contribution in [2.75, 3.05) is 6.54 Å². The first kappa shape index (κ1) is 19.1. The number of nitrogens with zero attached hydrogens (tertiary/aromatic N) is 3. The SMILES string of the molecule is CCCCN1C(=O)[C@@H](Cc2ccccc2)N(C(=O)c2ccccn2)C1(C)C. The Hall–Kier alpha value is -2.69. The van der Waals surface area contributed by atoms with Gasteiger partial charge in [0.05, 0.1) is 0 Å². The molecule has 1 fully saturated rings. The average molecular weight is 365 g/mol. The molecule has 5 heteroatoms. The van der Waals surface area contributed by atoms with E-state index < -0.39 is 11.7 Å². The number of amides is 2. The van der Waals surface area contributed by atoms with Crippen LogP contribution in [0.1, 0.15) is 49.7 Å². The van der Waals surface area contributed by atoms with E-state index in [0.29, 0.717) is 18.7 Å². The van der Waals surface area contributed by atoms with Gasteiger partial charge in [0.1, 0.15) is 17.4 Å². The van der Waals surface area contributed by atoms with E-state index in [0.717, 1.165) is 18.4 Å². The number of hydrogen-bond acceptors (Lipinski definition) is 3. The molecule has 1 aromatic carbocycles. The molecule has 0 aliphatic carbocycles. The minimum Gasteiger partial charge on any atom is -0.318 e. The fourth-order valence-electron chi connectivity index (χ4n) is 3.79. The highest BCUT2D eigenvalue weighted by Crippen LogP contribution is 2.34. The van der Waals surface area contributed by atoms with Crippen molar-refractivity contribution in [1.29, 1.82) is 0 Å². The summed E-state index contributed by atoms with van der Waals surface area (Å²) in [6.45, 7) is 6.66. The lowest BCUT2D eigenvalue weighted by Gasteiger charge is -2.38. The van der Waals surface area contributed by atoms with Gasteiger partial charge in [0, 0.05) is 19.2 Å². The average Bonchev–Trinajstić information content (AvgIpc) is 2.86. The molecule has 0 N–H and O–H groups in total. The maximum atomic E-state index is 13.3. The minimum atomic E-state index is -0.694. The molecule has 2 amide bonds. The summed E-state index contributed by atoms with van der Waals surface area (Å²) in [5.41, 5.74) is 0.719. The second kappa shape index (κ2) is 7.91. The van der Waals surface area contributed by atoms with Crippen LogP contribution in [0.2, 0.25) is 0 Å². The van der Waals surface area contributed by atoms with Crippen molar-refractivity contribution in [3.8, 4) is 0 Å². The first-order chi connectivity index (χ1) is 13.0. The number of unbranched alkanes of at least 4 members (excludes halogenated alkanes) is 1. The van der Waals surface area contributed by atoms with Gasteiger partial charge in [-0.1, -0.05) is 49.7 Å². The summed E-state index contributed by atoms with van der Waals surface area (Å²) in [6, 6.07) is 14.6. The van der Waals surface area contributed by atoms with Crippen LogP contribution in [-0.4, -0.2) is 44.8 Å². The minimum absolute atomic E-state index is 0.0154. The molecule has 5 nitrogen and oxygen atoms in total.